The Morgan fingerprint density at radius 3 is 2.19 bits per heavy atom. The molecule has 0 fully saturated rings. The number of carbonyl (C=O) groups is 1. The number of ether oxygens (including phenoxy) is 1. The molecular weight excluding hydrogens is 364 g/mol. The van der Waals surface area contributed by atoms with Crippen molar-refractivity contribution in [1.29, 1.82) is 0 Å². The summed E-state index contributed by atoms with van der Waals surface area (Å²) in [5.74, 6) is 0.472. The Kier molecular flexibility index (Phi) is 6.98. The van der Waals surface area contributed by atoms with Crippen LogP contribution in [0.5, 0.6) is 5.75 Å². The van der Waals surface area contributed by atoms with Crippen LogP contribution in [0.3, 0.4) is 0 Å². The normalized spacial score (nSPS) is 11.4. The molecule has 0 bridgehead atoms. The Balaban J connectivity index is 2.01. The molecule has 2 aromatic rings. The number of hydrogen-bond acceptors (Lipinski definition) is 4. The van der Waals surface area contributed by atoms with Crippen LogP contribution in [-0.2, 0) is 14.8 Å². The van der Waals surface area contributed by atoms with Crippen LogP contribution in [0, 0.1) is 6.92 Å². The first-order chi connectivity index (χ1) is 12.7. The zero-order chi connectivity index (χ0) is 20.0. The molecule has 0 atom stereocenters. The van der Waals surface area contributed by atoms with Gasteiger partial charge in [-0.25, -0.2) is 13.1 Å². The fourth-order valence-electron chi connectivity index (χ4n) is 2.54. The van der Waals surface area contributed by atoms with Crippen LogP contribution in [-0.4, -0.2) is 33.5 Å². The zero-order valence-corrected chi connectivity index (χ0v) is 16.9. The van der Waals surface area contributed by atoms with Crippen LogP contribution < -0.4 is 14.4 Å². The van der Waals surface area contributed by atoms with Gasteiger partial charge in [-0.05, 0) is 57.2 Å². The highest BCUT2D eigenvalue weighted by Crippen LogP contribution is 2.18. The van der Waals surface area contributed by atoms with E-state index >= 15 is 0 Å². The van der Waals surface area contributed by atoms with Crippen molar-refractivity contribution in [3.8, 4) is 5.75 Å². The number of nitrogens with one attached hydrogen (secondary N) is 1. The second-order valence-electron chi connectivity index (χ2n) is 6.54. The molecule has 0 unspecified atom stereocenters. The molecule has 0 aromatic heterocycles. The third-order valence-electron chi connectivity index (χ3n) is 3.86. The number of amides is 1. The summed E-state index contributed by atoms with van der Waals surface area (Å²) >= 11 is 0. The highest BCUT2D eigenvalue weighted by molar-refractivity contribution is 7.89. The predicted octanol–water partition coefficient (Wildman–Crippen LogP) is 3.11. The van der Waals surface area contributed by atoms with E-state index in [0.717, 1.165) is 11.3 Å². The topological polar surface area (TPSA) is 75.7 Å². The predicted molar refractivity (Wildman–Crippen MR) is 107 cm³/mol. The van der Waals surface area contributed by atoms with Gasteiger partial charge in [-0.3, -0.25) is 4.79 Å². The molecule has 0 aliphatic rings. The second-order valence-corrected chi connectivity index (χ2v) is 8.31. The smallest absolute Gasteiger partial charge is 0.240 e. The van der Waals surface area contributed by atoms with Crippen LogP contribution in [0.1, 0.15) is 26.3 Å². The average Bonchev–Trinajstić information content (AvgIpc) is 2.59. The van der Waals surface area contributed by atoms with Crippen molar-refractivity contribution in [3.05, 3.63) is 54.1 Å². The van der Waals surface area contributed by atoms with E-state index in [-0.39, 0.29) is 30.0 Å². The van der Waals surface area contributed by atoms with E-state index in [1.807, 2.05) is 45.0 Å². The van der Waals surface area contributed by atoms with Crippen molar-refractivity contribution in [1.82, 2.24) is 4.72 Å². The molecule has 6 nitrogen and oxygen atoms in total. The maximum absolute atomic E-state index is 12.4. The molecular formula is C20H26N2O4S. The number of hydrogen-bond donors (Lipinski definition) is 1. The summed E-state index contributed by atoms with van der Waals surface area (Å²) in [6.07, 6.45) is 0.0184. The monoisotopic (exact) mass is 390 g/mol. The third-order valence-corrected chi connectivity index (χ3v) is 5.34. The summed E-state index contributed by atoms with van der Waals surface area (Å²) < 4.78 is 32.9. The second kappa shape index (κ2) is 9.01. The van der Waals surface area contributed by atoms with Crippen molar-refractivity contribution < 1.29 is 17.9 Å². The van der Waals surface area contributed by atoms with E-state index in [2.05, 4.69) is 4.72 Å². The lowest BCUT2D eigenvalue weighted by molar-refractivity contribution is -0.116. The molecule has 7 heteroatoms. The van der Waals surface area contributed by atoms with Gasteiger partial charge in [0.25, 0.3) is 0 Å². The van der Waals surface area contributed by atoms with Crippen LogP contribution in [0.2, 0.25) is 0 Å². The SMILES string of the molecule is CC(=O)N(CCNS(=O)(=O)c1ccc(OC(C)C)cc1)c1ccc(C)cc1. The first-order valence-electron chi connectivity index (χ1n) is 8.80. The Labute approximate surface area is 161 Å². The van der Waals surface area contributed by atoms with Gasteiger partial charge >= 0.3 is 0 Å². The highest BCUT2D eigenvalue weighted by Gasteiger charge is 2.16. The molecule has 2 rings (SSSR count). The fourth-order valence-corrected chi connectivity index (χ4v) is 3.56. The van der Waals surface area contributed by atoms with E-state index in [9.17, 15) is 13.2 Å². The molecule has 0 radical (unpaired) electrons. The van der Waals surface area contributed by atoms with Crippen molar-refractivity contribution in [2.45, 2.75) is 38.7 Å². The first-order valence-corrected chi connectivity index (χ1v) is 10.3. The summed E-state index contributed by atoms with van der Waals surface area (Å²) in [4.78, 5) is 13.6. The molecule has 0 aliphatic carbocycles. The number of nitrogens with zero attached hydrogens (tertiary/aromatic N) is 1. The number of anilines is 1. The van der Waals surface area contributed by atoms with Crippen LogP contribution >= 0.6 is 0 Å². The van der Waals surface area contributed by atoms with E-state index in [1.54, 1.807) is 17.0 Å². The van der Waals surface area contributed by atoms with Gasteiger partial charge in [-0.1, -0.05) is 17.7 Å². The van der Waals surface area contributed by atoms with E-state index in [4.69, 9.17) is 4.74 Å². The van der Waals surface area contributed by atoms with Crippen LogP contribution in [0.15, 0.2) is 53.4 Å². The minimum absolute atomic E-state index is 0.0184. The van der Waals surface area contributed by atoms with Crippen molar-refractivity contribution in [2.24, 2.45) is 0 Å². The van der Waals surface area contributed by atoms with E-state index < -0.39 is 10.0 Å². The largest absolute Gasteiger partial charge is 0.491 e. The molecule has 0 spiro atoms. The fraction of sp³-hybridized carbons (Fsp3) is 0.350. The molecule has 1 amide bonds. The number of benzene rings is 2. The van der Waals surface area contributed by atoms with Crippen molar-refractivity contribution >= 4 is 21.6 Å². The number of carbonyl (C=O) groups excluding carboxylic acids is 1. The molecule has 0 saturated heterocycles. The molecule has 146 valence electrons. The Morgan fingerprint density at radius 2 is 1.67 bits per heavy atom. The number of aryl methyl sites for hydroxylation is 1. The van der Waals surface area contributed by atoms with Crippen LogP contribution in [0.25, 0.3) is 0 Å². The minimum atomic E-state index is -3.66. The lowest BCUT2D eigenvalue weighted by Crippen LogP contribution is -2.37. The lowest BCUT2D eigenvalue weighted by atomic mass is 10.2. The lowest BCUT2D eigenvalue weighted by Gasteiger charge is -2.21. The van der Waals surface area contributed by atoms with Gasteiger partial charge in [0.05, 0.1) is 11.0 Å². The highest BCUT2D eigenvalue weighted by atomic mass is 32.2. The maximum atomic E-state index is 12.4. The quantitative estimate of drug-likeness (QED) is 0.751. The minimum Gasteiger partial charge on any atom is -0.491 e. The van der Waals surface area contributed by atoms with Gasteiger partial charge in [0.2, 0.25) is 15.9 Å². The molecule has 2 aromatic carbocycles. The van der Waals surface area contributed by atoms with Gasteiger partial charge < -0.3 is 9.64 Å². The molecule has 27 heavy (non-hydrogen) atoms. The summed E-state index contributed by atoms with van der Waals surface area (Å²) in [5.41, 5.74) is 1.83. The molecule has 0 saturated carbocycles. The van der Waals surface area contributed by atoms with Crippen molar-refractivity contribution in [3.63, 3.8) is 0 Å². The molecule has 0 heterocycles. The van der Waals surface area contributed by atoms with Gasteiger partial charge in [0, 0.05) is 25.7 Å². The van der Waals surface area contributed by atoms with E-state index in [1.165, 1.54) is 19.1 Å². The summed E-state index contributed by atoms with van der Waals surface area (Å²) in [6.45, 7) is 7.59. The summed E-state index contributed by atoms with van der Waals surface area (Å²) in [7, 11) is -3.66. The van der Waals surface area contributed by atoms with Crippen molar-refractivity contribution in [2.75, 3.05) is 18.0 Å². The van der Waals surface area contributed by atoms with Gasteiger partial charge in [0.15, 0.2) is 0 Å². The summed E-state index contributed by atoms with van der Waals surface area (Å²) in [6, 6.07) is 13.8. The molecule has 0 aliphatic heterocycles. The standard InChI is InChI=1S/C20H26N2O4S/c1-15(2)26-19-9-11-20(12-10-19)27(24,25)21-13-14-22(17(4)23)18-7-5-16(3)6-8-18/h5-12,15,21H,13-14H2,1-4H3. The first kappa shape index (κ1) is 20.9. The number of sulfonamides is 1. The van der Waals surface area contributed by atoms with Crippen LogP contribution in [0.4, 0.5) is 5.69 Å². The summed E-state index contributed by atoms with van der Waals surface area (Å²) in [5, 5.41) is 0. The third kappa shape index (κ3) is 6.08. The van der Waals surface area contributed by atoms with E-state index in [0.29, 0.717) is 5.75 Å². The average molecular weight is 391 g/mol. The Bertz CT molecular complexity index is 860. The Hall–Kier alpha value is -2.38. The Morgan fingerprint density at radius 1 is 1.07 bits per heavy atom. The van der Waals surface area contributed by atoms with Gasteiger partial charge in [0.1, 0.15) is 5.75 Å². The van der Waals surface area contributed by atoms with Gasteiger partial charge in [-0.2, -0.15) is 0 Å². The zero-order valence-electron chi connectivity index (χ0n) is 16.1. The molecule has 1 N–H and O–H groups in total. The number of rotatable bonds is 8. The maximum Gasteiger partial charge on any atom is 0.240 e. The van der Waals surface area contributed by atoms with Gasteiger partial charge in [-0.15, -0.1) is 0 Å².